The molecule has 1 fully saturated rings. The minimum absolute atomic E-state index is 0.0270. The molecule has 128 valence electrons. The molecule has 3 rings (SSSR count). The summed E-state index contributed by atoms with van der Waals surface area (Å²) < 4.78 is 5.24. The zero-order valence-corrected chi connectivity index (χ0v) is 14.2. The number of allylic oxidation sites excluding steroid dienone is 2. The van der Waals surface area contributed by atoms with E-state index in [0.717, 1.165) is 32.3 Å². The molecule has 1 atom stereocenters. The van der Waals surface area contributed by atoms with Gasteiger partial charge < -0.3 is 9.84 Å². The highest BCUT2D eigenvalue weighted by Gasteiger charge is 2.38. The topological polar surface area (TPSA) is 63.6 Å². The molecule has 0 aromatic heterocycles. The number of ether oxygens (including phenoxy) is 1. The Morgan fingerprint density at radius 3 is 2.25 bits per heavy atom. The molecular weight excluding hydrogens is 304 g/mol. The molecule has 1 saturated carbocycles. The van der Waals surface area contributed by atoms with Crippen LogP contribution in [0.15, 0.2) is 35.6 Å². The molecule has 0 amide bonds. The maximum Gasteiger partial charge on any atom is 0.228 e. The fourth-order valence-electron chi connectivity index (χ4n) is 4.14. The molecule has 4 heteroatoms. The van der Waals surface area contributed by atoms with E-state index in [1.54, 1.807) is 31.4 Å². The molecule has 0 heterocycles. The second-order valence-electron chi connectivity index (χ2n) is 7.01. The molecule has 0 bridgehead atoms. The molecule has 24 heavy (non-hydrogen) atoms. The van der Waals surface area contributed by atoms with Gasteiger partial charge in [-0.25, -0.2) is 0 Å². The summed E-state index contributed by atoms with van der Waals surface area (Å²) in [5.74, 6) is 0.0904. The Bertz CT molecular complexity index is 681. The zero-order valence-electron chi connectivity index (χ0n) is 14.2. The molecule has 1 aromatic rings. The summed E-state index contributed by atoms with van der Waals surface area (Å²) in [6.45, 7) is 2.94. The summed E-state index contributed by atoms with van der Waals surface area (Å²) in [4.78, 5) is 25.2. The Morgan fingerprint density at radius 1 is 1.08 bits per heavy atom. The zero-order chi connectivity index (χ0) is 17.3. The number of carbonyl (C=O) groups is 2. The Labute approximate surface area is 142 Å². The number of hydrogen-bond acceptors (Lipinski definition) is 4. The van der Waals surface area contributed by atoms with Crippen molar-refractivity contribution in [1.29, 1.82) is 0 Å². The van der Waals surface area contributed by atoms with Crippen LogP contribution in [0.3, 0.4) is 0 Å². The second kappa shape index (κ2) is 6.89. The predicted molar refractivity (Wildman–Crippen MR) is 91.2 cm³/mol. The number of ketones is 2. The molecular formula is C20H24O4. The van der Waals surface area contributed by atoms with Gasteiger partial charge in [-0.2, -0.15) is 0 Å². The highest BCUT2D eigenvalue weighted by atomic mass is 16.5. The molecule has 2 aliphatic carbocycles. The van der Waals surface area contributed by atoms with Crippen LogP contribution >= 0.6 is 0 Å². The van der Waals surface area contributed by atoms with E-state index in [4.69, 9.17) is 4.74 Å². The lowest BCUT2D eigenvalue weighted by atomic mass is 9.71. The van der Waals surface area contributed by atoms with E-state index in [2.05, 4.69) is 6.92 Å². The Kier molecular flexibility index (Phi) is 4.86. The second-order valence-corrected chi connectivity index (χ2v) is 7.01. The molecule has 0 aliphatic heterocycles. The molecule has 4 nitrogen and oxygen atoms in total. The van der Waals surface area contributed by atoms with Crippen molar-refractivity contribution in [1.82, 2.24) is 0 Å². The summed E-state index contributed by atoms with van der Waals surface area (Å²) in [6.07, 6.45) is 3.66. The first kappa shape index (κ1) is 16.9. The van der Waals surface area contributed by atoms with Gasteiger partial charge in [-0.15, -0.1) is 0 Å². The largest absolute Gasteiger partial charge is 0.504 e. The number of carbonyl (C=O) groups excluding carboxylic acids is 2. The van der Waals surface area contributed by atoms with Gasteiger partial charge in [0.25, 0.3) is 0 Å². The number of rotatable bonds is 4. The maximum absolute atomic E-state index is 12.8. The average Bonchev–Trinajstić information content (AvgIpc) is 2.61. The van der Waals surface area contributed by atoms with Crippen molar-refractivity contribution in [3.8, 4) is 0 Å². The fraction of sp³-hybridized carbons (Fsp3) is 0.500. The molecule has 0 radical (unpaired) electrons. The van der Waals surface area contributed by atoms with Crippen molar-refractivity contribution in [2.24, 2.45) is 17.8 Å². The highest BCUT2D eigenvalue weighted by Crippen LogP contribution is 2.40. The molecule has 1 aromatic carbocycles. The van der Waals surface area contributed by atoms with Crippen molar-refractivity contribution in [3.05, 3.63) is 46.7 Å². The number of Topliss-reactive ketones (excluding diaryl/α,β-unsaturated/α-hetero) is 2. The lowest BCUT2D eigenvalue weighted by molar-refractivity contribution is 0.0892. The molecule has 0 spiro atoms. The van der Waals surface area contributed by atoms with Gasteiger partial charge in [0.2, 0.25) is 5.78 Å². The van der Waals surface area contributed by atoms with Crippen LogP contribution in [0.2, 0.25) is 0 Å². The number of methoxy groups -OCH3 is 1. The van der Waals surface area contributed by atoms with Gasteiger partial charge in [-0.1, -0.05) is 31.2 Å². The third-order valence-electron chi connectivity index (χ3n) is 5.55. The number of hydrogen-bond donors (Lipinski definition) is 1. The van der Waals surface area contributed by atoms with Crippen molar-refractivity contribution >= 4 is 11.6 Å². The van der Waals surface area contributed by atoms with Gasteiger partial charge in [0.1, 0.15) is 0 Å². The first-order valence-electron chi connectivity index (χ1n) is 8.65. The van der Waals surface area contributed by atoms with Crippen LogP contribution in [0.1, 0.15) is 53.3 Å². The van der Waals surface area contributed by atoms with E-state index in [1.165, 1.54) is 0 Å². The summed E-state index contributed by atoms with van der Waals surface area (Å²) >= 11 is 0. The van der Waals surface area contributed by atoms with Crippen LogP contribution in [-0.4, -0.2) is 30.4 Å². The van der Waals surface area contributed by atoms with Crippen LogP contribution in [0, 0.1) is 17.8 Å². The molecule has 1 N–H and O–H groups in total. The fourth-order valence-corrected chi connectivity index (χ4v) is 4.14. The van der Waals surface area contributed by atoms with Crippen molar-refractivity contribution in [3.63, 3.8) is 0 Å². The van der Waals surface area contributed by atoms with Gasteiger partial charge in [0.15, 0.2) is 11.5 Å². The van der Waals surface area contributed by atoms with Crippen LogP contribution in [0.4, 0.5) is 0 Å². The Hall–Kier alpha value is -1.94. The lowest BCUT2D eigenvalue weighted by Gasteiger charge is -2.34. The quantitative estimate of drug-likeness (QED) is 0.908. The maximum atomic E-state index is 12.8. The third-order valence-corrected chi connectivity index (χ3v) is 5.55. The monoisotopic (exact) mass is 328 g/mol. The predicted octanol–water partition coefficient (Wildman–Crippen LogP) is 3.97. The minimum atomic E-state index is -0.421. The first-order valence-corrected chi connectivity index (χ1v) is 8.65. The van der Waals surface area contributed by atoms with E-state index in [-0.39, 0.29) is 17.5 Å². The highest BCUT2D eigenvalue weighted by molar-refractivity contribution is 6.26. The SMILES string of the molecule is COCC(C)C1CCC(C2=C(O)C(=O)c3ccccc3C2=O)CC1. The number of fused-ring (bicyclic) bond motifs is 1. The van der Waals surface area contributed by atoms with E-state index < -0.39 is 5.78 Å². The number of aliphatic hydroxyl groups is 1. The van der Waals surface area contributed by atoms with Crippen LogP contribution in [0.5, 0.6) is 0 Å². The minimum Gasteiger partial charge on any atom is -0.504 e. The van der Waals surface area contributed by atoms with Crippen LogP contribution < -0.4 is 0 Å². The van der Waals surface area contributed by atoms with E-state index >= 15 is 0 Å². The van der Waals surface area contributed by atoms with Crippen molar-refractivity contribution in [2.75, 3.05) is 13.7 Å². The summed E-state index contributed by atoms with van der Waals surface area (Å²) in [5.41, 5.74) is 1.06. The standard InChI is InChI=1S/C20H24O4/c1-12(11-24-2)13-7-9-14(10-8-13)17-18(21)15-5-3-4-6-16(15)19(22)20(17)23/h3-6,12-14,23H,7-11H2,1-2H3. The molecule has 1 unspecified atom stereocenters. The molecule has 0 saturated heterocycles. The molecule has 2 aliphatic rings. The van der Waals surface area contributed by atoms with Crippen LogP contribution in [-0.2, 0) is 4.74 Å². The van der Waals surface area contributed by atoms with E-state index in [0.29, 0.717) is 28.5 Å². The Morgan fingerprint density at radius 2 is 1.67 bits per heavy atom. The summed E-state index contributed by atoms with van der Waals surface area (Å²) in [5, 5.41) is 10.4. The smallest absolute Gasteiger partial charge is 0.228 e. The van der Waals surface area contributed by atoms with Gasteiger partial charge in [0, 0.05) is 30.4 Å². The number of benzene rings is 1. The van der Waals surface area contributed by atoms with Crippen LogP contribution in [0.25, 0.3) is 0 Å². The first-order chi connectivity index (χ1) is 11.5. The lowest BCUT2D eigenvalue weighted by Crippen LogP contribution is -2.30. The third kappa shape index (κ3) is 2.91. The van der Waals surface area contributed by atoms with Crippen molar-refractivity contribution in [2.45, 2.75) is 32.6 Å². The van der Waals surface area contributed by atoms with Crippen molar-refractivity contribution < 1.29 is 19.4 Å². The van der Waals surface area contributed by atoms with E-state index in [9.17, 15) is 14.7 Å². The van der Waals surface area contributed by atoms with Gasteiger partial charge in [-0.3, -0.25) is 9.59 Å². The summed E-state index contributed by atoms with van der Waals surface area (Å²) in [6, 6.07) is 6.75. The van der Waals surface area contributed by atoms with Gasteiger partial charge in [-0.05, 0) is 43.4 Å². The van der Waals surface area contributed by atoms with Gasteiger partial charge in [0.05, 0.1) is 0 Å². The van der Waals surface area contributed by atoms with E-state index in [1.807, 2.05) is 0 Å². The Balaban J connectivity index is 1.80. The average molecular weight is 328 g/mol. The summed E-state index contributed by atoms with van der Waals surface area (Å²) in [7, 11) is 1.72. The normalized spacial score (nSPS) is 25.6. The van der Waals surface area contributed by atoms with Gasteiger partial charge >= 0.3 is 0 Å². The number of aliphatic hydroxyl groups excluding tert-OH is 1.